The predicted octanol–water partition coefficient (Wildman–Crippen LogP) is 1.29. The molecule has 0 amide bonds. The van der Waals surface area contributed by atoms with E-state index in [0.29, 0.717) is 17.9 Å². The van der Waals surface area contributed by atoms with Crippen molar-refractivity contribution in [3.05, 3.63) is 0 Å². The van der Waals surface area contributed by atoms with Gasteiger partial charge in [0.15, 0.2) is 0 Å². The van der Waals surface area contributed by atoms with Crippen LogP contribution in [-0.4, -0.2) is 46.9 Å². The zero-order valence-corrected chi connectivity index (χ0v) is 11.9. The zero-order valence-electron chi connectivity index (χ0n) is 11.9. The van der Waals surface area contributed by atoms with Crippen molar-refractivity contribution in [1.29, 1.82) is 0 Å². The van der Waals surface area contributed by atoms with Crippen LogP contribution in [0, 0.1) is 0 Å². The van der Waals surface area contributed by atoms with Crippen LogP contribution in [-0.2, 0) is 4.74 Å². The topological polar surface area (TPSA) is 81.2 Å². The van der Waals surface area contributed by atoms with E-state index >= 15 is 0 Å². The van der Waals surface area contributed by atoms with Crippen LogP contribution in [0.3, 0.4) is 0 Å². The molecule has 7 nitrogen and oxygen atoms in total. The van der Waals surface area contributed by atoms with Gasteiger partial charge >= 0.3 is 6.01 Å². The first-order valence-corrected chi connectivity index (χ1v) is 6.51. The third kappa shape index (κ3) is 3.04. The first kappa shape index (κ1) is 13.8. The van der Waals surface area contributed by atoms with Crippen molar-refractivity contribution < 1.29 is 9.47 Å². The number of anilines is 2. The zero-order chi connectivity index (χ0) is 13.9. The summed E-state index contributed by atoms with van der Waals surface area (Å²) in [6, 6.07) is 0.295. The molecule has 7 heteroatoms. The summed E-state index contributed by atoms with van der Waals surface area (Å²) >= 11 is 0. The average molecular weight is 267 g/mol. The van der Waals surface area contributed by atoms with Crippen LogP contribution >= 0.6 is 0 Å². The molecule has 0 aliphatic carbocycles. The molecule has 0 spiro atoms. The van der Waals surface area contributed by atoms with E-state index in [-0.39, 0.29) is 11.6 Å². The number of nitrogens with zero attached hydrogens (tertiary/aromatic N) is 3. The molecular weight excluding hydrogens is 246 g/mol. The Kier molecular flexibility index (Phi) is 4.04. The fraction of sp³-hybridized carbons (Fsp3) is 0.750. The molecule has 106 valence electrons. The van der Waals surface area contributed by atoms with Gasteiger partial charge in [-0.3, -0.25) is 0 Å². The predicted molar refractivity (Wildman–Crippen MR) is 72.6 cm³/mol. The van der Waals surface area contributed by atoms with E-state index in [9.17, 15) is 0 Å². The molecule has 0 radical (unpaired) electrons. The maximum Gasteiger partial charge on any atom is 0.322 e. The number of methoxy groups -OCH3 is 1. The standard InChI is InChI=1S/C12H21N5O2/c1-5-13-9-14-10(16-11(15-9)18-4)17-12(3)6-7-19-8(12)2/h8H,5-7H2,1-4H3,(H2,13,14,15,16,17). The van der Waals surface area contributed by atoms with Crippen LogP contribution in [0.2, 0.25) is 0 Å². The van der Waals surface area contributed by atoms with Crippen molar-refractivity contribution in [3.8, 4) is 6.01 Å². The van der Waals surface area contributed by atoms with E-state index in [2.05, 4.69) is 32.5 Å². The van der Waals surface area contributed by atoms with Gasteiger partial charge in [-0.1, -0.05) is 0 Å². The van der Waals surface area contributed by atoms with Crippen LogP contribution in [0.1, 0.15) is 27.2 Å². The third-order valence-electron chi connectivity index (χ3n) is 3.42. The van der Waals surface area contributed by atoms with E-state index in [1.807, 2.05) is 13.8 Å². The summed E-state index contributed by atoms with van der Waals surface area (Å²) in [6.45, 7) is 7.62. The smallest absolute Gasteiger partial charge is 0.322 e. The lowest BCUT2D eigenvalue weighted by atomic mass is 9.95. The molecule has 1 aliphatic rings. The SMILES string of the molecule is CCNc1nc(NC2(C)CCOC2C)nc(OC)n1. The second kappa shape index (κ2) is 5.56. The van der Waals surface area contributed by atoms with Crippen molar-refractivity contribution in [3.63, 3.8) is 0 Å². The summed E-state index contributed by atoms with van der Waals surface area (Å²) in [5, 5.41) is 6.39. The summed E-state index contributed by atoms with van der Waals surface area (Å²) in [7, 11) is 1.54. The molecule has 2 rings (SSSR count). The fourth-order valence-electron chi connectivity index (χ4n) is 2.00. The van der Waals surface area contributed by atoms with Gasteiger partial charge in [-0.15, -0.1) is 0 Å². The minimum Gasteiger partial charge on any atom is -0.467 e. The molecule has 0 saturated carbocycles. The Morgan fingerprint density at radius 3 is 2.68 bits per heavy atom. The Bertz CT molecular complexity index is 442. The van der Waals surface area contributed by atoms with Gasteiger partial charge in [0.25, 0.3) is 0 Å². The van der Waals surface area contributed by atoms with Gasteiger partial charge in [0.1, 0.15) is 0 Å². The lowest BCUT2D eigenvalue weighted by molar-refractivity contribution is 0.105. The van der Waals surface area contributed by atoms with Crippen molar-refractivity contribution in [2.45, 2.75) is 38.8 Å². The quantitative estimate of drug-likeness (QED) is 0.832. The monoisotopic (exact) mass is 267 g/mol. The normalized spacial score (nSPS) is 26.2. The number of hydrogen-bond donors (Lipinski definition) is 2. The van der Waals surface area contributed by atoms with Crippen molar-refractivity contribution in [2.24, 2.45) is 0 Å². The number of hydrogen-bond acceptors (Lipinski definition) is 7. The molecule has 0 bridgehead atoms. The van der Waals surface area contributed by atoms with Crippen LogP contribution in [0.5, 0.6) is 6.01 Å². The van der Waals surface area contributed by atoms with E-state index in [4.69, 9.17) is 9.47 Å². The Labute approximate surface area is 113 Å². The molecule has 0 aromatic carbocycles. The van der Waals surface area contributed by atoms with Gasteiger partial charge in [-0.25, -0.2) is 0 Å². The highest BCUT2D eigenvalue weighted by Gasteiger charge is 2.37. The molecule has 2 N–H and O–H groups in total. The maximum absolute atomic E-state index is 5.59. The third-order valence-corrected chi connectivity index (χ3v) is 3.42. The van der Waals surface area contributed by atoms with Gasteiger partial charge < -0.3 is 20.1 Å². The highest BCUT2D eigenvalue weighted by molar-refractivity contribution is 5.38. The van der Waals surface area contributed by atoms with Crippen molar-refractivity contribution in [1.82, 2.24) is 15.0 Å². The highest BCUT2D eigenvalue weighted by Crippen LogP contribution is 2.28. The summed E-state index contributed by atoms with van der Waals surface area (Å²) < 4.78 is 10.7. The molecule has 2 atom stereocenters. The number of rotatable bonds is 5. The van der Waals surface area contributed by atoms with E-state index in [1.54, 1.807) is 0 Å². The molecule has 1 saturated heterocycles. The molecule has 1 fully saturated rings. The second-order valence-corrected chi connectivity index (χ2v) is 4.81. The molecule has 1 aromatic heterocycles. The molecular formula is C12H21N5O2. The highest BCUT2D eigenvalue weighted by atomic mass is 16.5. The van der Waals surface area contributed by atoms with Crippen LogP contribution in [0.15, 0.2) is 0 Å². The Hall–Kier alpha value is -1.63. The second-order valence-electron chi connectivity index (χ2n) is 4.81. The Balaban J connectivity index is 2.21. The van der Waals surface area contributed by atoms with Gasteiger partial charge in [0.05, 0.1) is 18.8 Å². The summed E-state index contributed by atoms with van der Waals surface area (Å²) in [5.41, 5.74) is -0.171. The lowest BCUT2D eigenvalue weighted by Gasteiger charge is -2.28. The van der Waals surface area contributed by atoms with Crippen molar-refractivity contribution in [2.75, 3.05) is 30.9 Å². The number of nitrogens with one attached hydrogen (secondary N) is 2. The van der Waals surface area contributed by atoms with E-state index in [0.717, 1.165) is 19.6 Å². The first-order valence-electron chi connectivity index (χ1n) is 6.51. The van der Waals surface area contributed by atoms with Crippen LogP contribution < -0.4 is 15.4 Å². The Morgan fingerprint density at radius 2 is 2.11 bits per heavy atom. The average Bonchev–Trinajstić information content (AvgIpc) is 2.69. The molecule has 2 unspecified atom stereocenters. The van der Waals surface area contributed by atoms with Crippen LogP contribution in [0.25, 0.3) is 0 Å². The minimum absolute atomic E-state index is 0.109. The largest absolute Gasteiger partial charge is 0.467 e. The van der Waals surface area contributed by atoms with Gasteiger partial charge in [-0.2, -0.15) is 15.0 Å². The maximum atomic E-state index is 5.59. The number of aromatic nitrogens is 3. The minimum atomic E-state index is -0.171. The van der Waals surface area contributed by atoms with Crippen molar-refractivity contribution >= 4 is 11.9 Å². The molecule has 1 aliphatic heterocycles. The number of ether oxygens (including phenoxy) is 2. The van der Waals surface area contributed by atoms with Crippen LogP contribution in [0.4, 0.5) is 11.9 Å². The molecule has 2 heterocycles. The van der Waals surface area contributed by atoms with Gasteiger partial charge in [0.2, 0.25) is 11.9 Å². The van der Waals surface area contributed by atoms with Gasteiger partial charge in [-0.05, 0) is 27.2 Å². The molecule has 1 aromatic rings. The fourth-order valence-corrected chi connectivity index (χ4v) is 2.00. The lowest BCUT2D eigenvalue weighted by Crippen LogP contribution is -2.41. The summed E-state index contributed by atoms with van der Waals surface area (Å²) in [4.78, 5) is 12.7. The van der Waals surface area contributed by atoms with E-state index in [1.165, 1.54) is 7.11 Å². The summed E-state index contributed by atoms with van der Waals surface area (Å²) in [5.74, 6) is 1.01. The molecule has 19 heavy (non-hydrogen) atoms. The van der Waals surface area contributed by atoms with E-state index < -0.39 is 0 Å². The Morgan fingerprint density at radius 1 is 1.37 bits per heavy atom. The van der Waals surface area contributed by atoms with Gasteiger partial charge in [0, 0.05) is 13.2 Å². The summed E-state index contributed by atoms with van der Waals surface area (Å²) in [6.07, 6.45) is 1.02. The first-order chi connectivity index (χ1) is 9.07.